The van der Waals surface area contributed by atoms with Crippen molar-refractivity contribution >= 4 is 21.6 Å². The van der Waals surface area contributed by atoms with Crippen molar-refractivity contribution in [3.63, 3.8) is 0 Å². The van der Waals surface area contributed by atoms with Crippen molar-refractivity contribution < 1.29 is 17.6 Å². The van der Waals surface area contributed by atoms with Gasteiger partial charge in [0, 0.05) is 6.54 Å². The van der Waals surface area contributed by atoms with E-state index in [9.17, 15) is 17.6 Å². The summed E-state index contributed by atoms with van der Waals surface area (Å²) in [6, 6.07) is 5.74. The van der Waals surface area contributed by atoms with E-state index in [1.165, 1.54) is 18.2 Å². The fourth-order valence-corrected chi connectivity index (χ4v) is 2.65. The molecule has 0 saturated carbocycles. The molecule has 8 heteroatoms. The van der Waals surface area contributed by atoms with Gasteiger partial charge in [-0.15, -0.1) is 0 Å². The van der Waals surface area contributed by atoms with Gasteiger partial charge in [0.1, 0.15) is 5.82 Å². The molecule has 0 bridgehead atoms. The van der Waals surface area contributed by atoms with Gasteiger partial charge < -0.3 is 10.2 Å². The second-order valence-corrected chi connectivity index (χ2v) is 7.26. The first-order chi connectivity index (χ1) is 10.2. The molecule has 0 aliphatic rings. The Bertz CT molecular complexity index is 605. The van der Waals surface area contributed by atoms with E-state index in [0.717, 1.165) is 10.6 Å². The monoisotopic (exact) mass is 331 g/mol. The largest absolute Gasteiger partial charge is 0.322 e. The lowest BCUT2D eigenvalue weighted by molar-refractivity contribution is -0.116. The highest BCUT2D eigenvalue weighted by Gasteiger charge is 2.20. The third-order valence-corrected chi connectivity index (χ3v) is 4.20. The van der Waals surface area contributed by atoms with Crippen molar-refractivity contribution in [3.8, 4) is 0 Å². The number of amides is 1. The van der Waals surface area contributed by atoms with E-state index in [1.807, 2.05) is 19.0 Å². The summed E-state index contributed by atoms with van der Waals surface area (Å²) in [5.41, 5.74) is 0.0363. The van der Waals surface area contributed by atoms with Crippen LogP contribution in [0.25, 0.3) is 0 Å². The Labute approximate surface area is 131 Å². The number of hydrogen-bond acceptors (Lipinski definition) is 4. The van der Waals surface area contributed by atoms with E-state index in [-0.39, 0.29) is 18.8 Å². The fourth-order valence-electron chi connectivity index (χ4n) is 1.84. The van der Waals surface area contributed by atoms with Crippen molar-refractivity contribution in [1.82, 2.24) is 9.21 Å². The van der Waals surface area contributed by atoms with Crippen LogP contribution in [0.4, 0.5) is 10.1 Å². The number of nitrogens with one attached hydrogen (secondary N) is 1. The van der Waals surface area contributed by atoms with Crippen molar-refractivity contribution in [3.05, 3.63) is 30.1 Å². The molecule has 0 heterocycles. The number of para-hydroxylation sites is 1. The molecule has 0 unspecified atom stereocenters. The minimum Gasteiger partial charge on any atom is -0.322 e. The number of sulfonamides is 1. The first kappa shape index (κ1) is 18.5. The van der Waals surface area contributed by atoms with Gasteiger partial charge in [0.25, 0.3) is 0 Å². The van der Waals surface area contributed by atoms with Gasteiger partial charge in [-0.1, -0.05) is 12.1 Å². The van der Waals surface area contributed by atoms with Gasteiger partial charge in [0.15, 0.2) is 0 Å². The van der Waals surface area contributed by atoms with Gasteiger partial charge in [0.2, 0.25) is 15.9 Å². The highest BCUT2D eigenvalue weighted by Crippen LogP contribution is 2.12. The Balaban J connectivity index is 2.65. The molecule has 0 aliphatic heterocycles. The van der Waals surface area contributed by atoms with E-state index in [2.05, 4.69) is 5.32 Å². The summed E-state index contributed by atoms with van der Waals surface area (Å²) < 4.78 is 38.0. The van der Waals surface area contributed by atoms with Crippen LogP contribution < -0.4 is 5.32 Å². The Kier molecular flexibility index (Phi) is 6.92. The SMILES string of the molecule is CN(C)CCCN(CC(=O)Nc1ccccc1F)S(C)(=O)=O. The molecule has 0 saturated heterocycles. The lowest BCUT2D eigenvalue weighted by atomic mass is 10.3. The van der Waals surface area contributed by atoms with Crippen LogP contribution in [0, 0.1) is 5.82 Å². The molecular weight excluding hydrogens is 309 g/mol. The van der Waals surface area contributed by atoms with Crippen molar-refractivity contribution in [2.24, 2.45) is 0 Å². The summed E-state index contributed by atoms with van der Waals surface area (Å²) in [5.74, 6) is -1.13. The van der Waals surface area contributed by atoms with E-state index in [1.54, 1.807) is 6.07 Å². The smallest absolute Gasteiger partial charge is 0.239 e. The zero-order valence-corrected chi connectivity index (χ0v) is 13.9. The van der Waals surface area contributed by atoms with Crippen LogP contribution in [-0.4, -0.2) is 63.5 Å². The number of rotatable bonds is 8. The maximum atomic E-state index is 13.5. The van der Waals surface area contributed by atoms with E-state index in [4.69, 9.17) is 0 Å². The molecule has 0 aromatic heterocycles. The summed E-state index contributed by atoms with van der Waals surface area (Å²) in [4.78, 5) is 13.9. The lowest BCUT2D eigenvalue weighted by Crippen LogP contribution is -2.38. The van der Waals surface area contributed by atoms with Gasteiger partial charge in [-0.05, 0) is 39.2 Å². The summed E-state index contributed by atoms with van der Waals surface area (Å²) in [5, 5.41) is 2.38. The maximum Gasteiger partial charge on any atom is 0.239 e. The average molecular weight is 331 g/mol. The zero-order valence-electron chi connectivity index (χ0n) is 13.0. The minimum absolute atomic E-state index is 0.0363. The van der Waals surface area contributed by atoms with Gasteiger partial charge in [-0.25, -0.2) is 12.8 Å². The molecule has 6 nitrogen and oxygen atoms in total. The van der Waals surface area contributed by atoms with Gasteiger partial charge >= 0.3 is 0 Å². The second kappa shape index (κ2) is 8.21. The molecule has 1 amide bonds. The van der Waals surface area contributed by atoms with Crippen molar-refractivity contribution in [2.45, 2.75) is 6.42 Å². The number of hydrogen-bond donors (Lipinski definition) is 1. The quantitative estimate of drug-likeness (QED) is 0.771. The number of benzene rings is 1. The molecular formula is C14H22FN3O3S. The molecule has 1 N–H and O–H groups in total. The zero-order chi connectivity index (χ0) is 16.8. The van der Waals surface area contributed by atoms with Crippen LogP contribution in [-0.2, 0) is 14.8 Å². The molecule has 0 radical (unpaired) electrons. The maximum absolute atomic E-state index is 13.5. The predicted octanol–water partition coefficient (Wildman–Crippen LogP) is 0.977. The summed E-state index contributed by atoms with van der Waals surface area (Å²) >= 11 is 0. The average Bonchev–Trinajstić information content (AvgIpc) is 2.39. The number of anilines is 1. The minimum atomic E-state index is -3.50. The summed E-state index contributed by atoms with van der Waals surface area (Å²) in [7, 11) is 0.269. The van der Waals surface area contributed by atoms with Gasteiger partial charge in [-0.3, -0.25) is 4.79 Å². The third-order valence-electron chi connectivity index (χ3n) is 2.95. The highest BCUT2D eigenvalue weighted by molar-refractivity contribution is 7.88. The lowest BCUT2D eigenvalue weighted by Gasteiger charge is -2.20. The third kappa shape index (κ3) is 6.50. The highest BCUT2D eigenvalue weighted by atomic mass is 32.2. The van der Waals surface area contributed by atoms with Crippen LogP contribution in [0.1, 0.15) is 6.42 Å². The van der Waals surface area contributed by atoms with Gasteiger partial charge in [-0.2, -0.15) is 4.31 Å². The Morgan fingerprint density at radius 2 is 1.86 bits per heavy atom. The Hall–Kier alpha value is -1.51. The first-order valence-electron chi connectivity index (χ1n) is 6.84. The normalized spacial score (nSPS) is 11.9. The van der Waals surface area contributed by atoms with Crippen LogP contribution in [0.15, 0.2) is 24.3 Å². The number of carbonyl (C=O) groups is 1. The first-order valence-corrected chi connectivity index (χ1v) is 8.69. The topological polar surface area (TPSA) is 69.7 Å². The molecule has 1 aromatic carbocycles. The van der Waals surface area contributed by atoms with Crippen LogP contribution in [0.2, 0.25) is 0 Å². The predicted molar refractivity (Wildman–Crippen MR) is 84.6 cm³/mol. The number of halogens is 1. The molecule has 0 spiro atoms. The number of nitrogens with zero attached hydrogens (tertiary/aromatic N) is 2. The fraction of sp³-hybridized carbons (Fsp3) is 0.500. The molecule has 0 fully saturated rings. The molecule has 22 heavy (non-hydrogen) atoms. The van der Waals surface area contributed by atoms with E-state index in [0.29, 0.717) is 13.0 Å². The molecule has 0 aliphatic carbocycles. The standard InChI is InChI=1S/C14H22FN3O3S/c1-17(2)9-6-10-18(22(3,20)21)11-14(19)16-13-8-5-4-7-12(13)15/h4-5,7-8H,6,9-11H2,1-3H3,(H,16,19). The molecule has 1 aromatic rings. The van der Waals surface area contributed by atoms with Crippen molar-refractivity contribution in [2.75, 3.05) is 45.3 Å². The number of carbonyl (C=O) groups excluding carboxylic acids is 1. The van der Waals surface area contributed by atoms with Crippen LogP contribution >= 0.6 is 0 Å². The molecule has 1 rings (SSSR count). The summed E-state index contributed by atoms with van der Waals surface area (Å²) in [6.07, 6.45) is 1.66. The molecule has 124 valence electrons. The molecule has 0 atom stereocenters. The van der Waals surface area contributed by atoms with Gasteiger partial charge in [0.05, 0.1) is 18.5 Å². The van der Waals surface area contributed by atoms with E-state index >= 15 is 0 Å². The summed E-state index contributed by atoms with van der Waals surface area (Å²) in [6.45, 7) is 0.614. The van der Waals surface area contributed by atoms with Crippen molar-refractivity contribution in [1.29, 1.82) is 0 Å². The van der Waals surface area contributed by atoms with E-state index < -0.39 is 21.7 Å². The second-order valence-electron chi connectivity index (χ2n) is 5.28. The van der Waals surface area contributed by atoms with Crippen LogP contribution in [0.5, 0.6) is 0 Å². The van der Waals surface area contributed by atoms with Crippen LogP contribution in [0.3, 0.4) is 0 Å². The Morgan fingerprint density at radius 3 is 2.41 bits per heavy atom. The Morgan fingerprint density at radius 1 is 1.23 bits per heavy atom.